The van der Waals surface area contributed by atoms with E-state index in [4.69, 9.17) is 5.73 Å². The van der Waals surface area contributed by atoms with Crippen LogP contribution in [0.4, 0.5) is 8.78 Å². The average Bonchev–Trinajstić information content (AvgIpc) is 2.94. The van der Waals surface area contributed by atoms with Crippen molar-refractivity contribution in [3.63, 3.8) is 0 Å². The maximum Gasteiger partial charge on any atom is 0.387 e. The molecule has 108 valence electrons. The molecule has 0 spiro atoms. The van der Waals surface area contributed by atoms with Gasteiger partial charge in [0.15, 0.2) is 5.65 Å². The van der Waals surface area contributed by atoms with Crippen molar-refractivity contribution in [3.8, 4) is 17.0 Å². The molecule has 3 aromatic rings. The molecule has 0 radical (unpaired) electrons. The van der Waals surface area contributed by atoms with Crippen LogP contribution in [0.5, 0.6) is 5.75 Å². The minimum Gasteiger partial charge on any atom is -0.435 e. The number of fused-ring (bicyclic) bond motifs is 1. The third-order valence-electron chi connectivity index (χ3n) is 2.99. The Hall–Kier alpha value is -2.54. The van der Waals surface area contributed by atoms with E-state index in [-0.39, 0.29) is 5.75 Å². The molecular formula is C14H12F2N4O. The summed E-state index contributed by atoms with van der Waals surface area (Å²) < 4.78 is 30.5. The molecule has 0 unspecified atom stereocenters. The summed E-state index contributed by atoms with van der Waals surface area (Å²) in [6.45, 7) is -2.54. The van der Waals surface area contributed by atoms with Crippen LogP contribution in [-0.4, -0.2) is 21.0 Å². The van der Waals surface area contributed by atoms with E-state index in [0.29, 0.717) is 23.6 Å². The van der Waals surface area contributed by atoms with Crippen molar-refractivity contribution < 1.29 is 13.5 Å². The summed E-state index contributed by atoms with van der Waals surface area (Å²) in [5, 5.41) is 0. The number of alkyl halides is 2. The van der Waals surface area contributed by atoms with Gasteiger partial charge in [-0.1, -0.05) is 0 Å². The summed E-state index contributed by atoms with van der Waals surface area (Å²) in [5.41, 5.74) is 8.42. The van der Waals surface area contributed by atoms with E-state index in [0.717, 1.165) is 5.56 Å². The zero-order valence-electron chi connectivity index (χ0n) is 10.9. The minimum absolute atomic E-state index is 0.100. The van der Waals surface area contributed by atoms with E-state index in [1.807, 2.05) is 4.40 Å². The highest BCUT2D eigenvalue weighted by Crippen LogP contribution is 2.25. The van der Waals surface area contributed by atoms with Gasteiger partial charge in [-0.3, -0.25) is 0 Å². The zero-order valence-corrected chi connectivity index (χ0v) is 10.9. The van der Waals surface area contributed by atoms with Crippen LogP contribution in [-0.2, 0) is 6.54 Å². The number of rotatable bonds is 4. The van der Waals surface area contributed by atoms with E-state index in [1.165, 1.54) is 12.1 Å². The molecule has 5 nitrogen and oxygen atoms in total. The summed E-state index contributed by atoms with van der Waals surface area (Å²) in [7, 11) is 0. The molecule has 0 aliphatic heterocycles. The van der Waals surface area contributed by atoms with Gasteiger partial charge in [0, 0.05) is 30.7 Å². The molecule has 1 aromatic carbocycles. The normalized spacial score (nSPS) is 11.2. The van der Waals surface area contributed by atoms with Crippen LogP contribution in [0.1, 0.15) is 5.69 Å². The number of hydrogen-bond acceptors (Lipinski definition) is 4. The van der Waals surface area contributed by atoms with E-state index in [1.54, 1.807) is 30.7 Å². The van der Waals surface area contributed by atoms with Crippen molar-refractivity contribution in [2.24, 2.45) is 5.73 Å². The van der Waals surface area contributed by atoms with E-state index >= 15 is 0 Å². The van der Waals surface area contributed by atoms with Crippen LogP contribution in [0.3, 0.4) is 0 Å². The topological polar surface area (TPSA) is 65.4 Å². The van der Waals surface area contributed by atoms with Crippen LogP contribution >= 0.6 is 0 Å². The molecule has 3 rings (SSSR count). The third kappa shape index (κ3) is 2.68. The number of benzene rings is 1. The first-order valence-corrected chi connectivity index (χ1v) is 6.25. The van der Waals surface area contributed by atoms with Crippen molar-refractivity contribution >= 4 is 5.65 Å². The second-order valence-corrected chi connectivity index (χ2v) is 4.35. The Morgan fingerprint density at radius 2 is 2.00 bits per heavy atom. The van der Waals surface area contributed by atoms with Crippen LogP contribution < -0.4 is 10.5 Å². The molecule has 0 bridgehead atoms. The van der Waals surface area contributed by atoms with Gasteiger partial charge in [0.05, 0.1) is 5.69 Å². The minimum atomic E-state index is -2.84. The molecule has 0 aliphatic rings. The highest BCUT2D eigenvalue weighted by molar-refractivity contribution is 5.74. The van der Waals surface area contributed by atoms with E-state index in [2.05, 4.69) is 14.7 Å². The Morgan fingerprint density at radius 3 is 2.67 bits per heavy atom. The van der Waals surface area contributed by atoms with Gasteiger partial charge in [0.1, 0.15) is 11.4 Å². The first kappa shape index (κ1) is 13.4. The van der Waals surface area contributed by atoms with Crippen LogP contribution in [0.2, 0.25) is 0 Å². The third-order valence-corrected chi connectivity index (χ3v) is 2.99. The molecule has 0 fully saturated rings. The van der Waals surface area contributed by atoms with Crippen molar-refractivity contribution in [3.05, 3.63) is 48.5 Å². The predicted octanol–water partition coefficient (Wildman–Crippen LogP) is 2.46. The van der Waals surface area contributed by atoms with Crippen molar-refractivity contribution in [2.45, 2.75) is 13.2 Å². The zero-order chi connectivity index (χ0) is 14.8. The fourth-order valence-electron chi connectivity index (χ4n) is 2.07. The summed E-state index contributed by atoms with van der Waals surface area (Å²) >= 11 is 0. The number of ether oxygens (including phenoxy) is 1. The standard InChI is InChI=1S/C14H12F2N4O/c15-14(16)21-11-3-1-9(2-4-11)12-13-18-5-6-20(13)8-10(7-17)19-12/h1-6,8,14H,7,17H2. The molecule has 0 amide bonds. The Balaban J connectivity index is 2.05. The fourth-order valence-corrected chi connectivity index (χ4v) is 2.07. The highest BCUT2D eigenvalue weighted by atomic mass is 19.3. The SMILES string of the molecule is NCc1cn2ccnc2c(-c2ccc(OC(F)F)cc2)n1. The first-order chi connectivity index (χ1) is 10.2. The molecule has 2 heterocycles. The first-order valence-electron chi connectivity index (χ1n) is 6.25. The molecule has 0 saturated heterocycles. The maximum absolute atomic E-state index is 12.1. The van der Waals surface area contributed by atoms with Gasteiger partial charge in [0.2, 0.25) is 0 Å². The van der Waals surface area contributed by atoms with Crippen molar-refractivity contribution in [1.82, 2.24) is 14.4 Å². The second kappa shape index (κ2) is 5.45. The molecule has 2 N–H and O–H groups in total. The highest BCUT2D eigenvalue weighted by Gasteiger charge is 2.10. The summed E-state index contributed by atoms with van der Waals surface area (Å²) in [4.78, 5) is 8.70. The summed E-state index contributed by atoms with van der Waals surface area (Å²) in [6, 6.07) is 6.26. The van der Waals surface area contributed by atoms with E-state index in [9.17, 15) is 8.78 Å². The Bertz CT molecular complexity index is 755. The molecule has 0 aliphatic carbocycles. The molecule has 7 heteroatoms. The van der Waals surface area contributed by atoms with Crippen molar-refractivity contribution in [2.75, 3.05) is 0 Å². The molecule has 2 aromatic heterocycles. The molecule has 0 saturated carbocycles. The Morgan fingerprint density at radius 1 is 1.24 bits per heavy atom. The molecular weight excluding hydrogens is 278 g/mol. The van der Waals surface area contributed by atoms with Crippen LogP contribution in [0.15, 0.2) is 42.9 Å². The summed E-state index contributed by atoms with van der Waals surface area (Å²) in [6.07, 6.45) is 5.27. The molecule has 21 heavy (non-hydrogen) atoms. The van der Waals surface area contributed by atoms with Gasteiger partial charge in [-0.15, -0.1) is 0 Å². The smallest absolute Gasteiger partial charge is 0.387 e. The average molecular weight is 290 g/mol. The van der Waals surface area contributed by atoms with Crippen molar-refractivity contribution in [1.29, 1.82) is 0 Å². The quantitative estimate of drug-likeness (QED) is 0.801. The monoisotopic (exact) mass is 290 g/mol. The number of nitrogens with two attached hydrogens (primary N) is 1. The van der Waals surface area contributed by atoms with Crippen LogP contribution in [0, 0.1) is 0 Å². The number of aromatic nitrogens is 3. The van der Waals surface area contributed by atoms with Gasteiger partial charge in [-0.2, -0.15) is 8.78 Å². The Kier molecular flexibility index (Phi) is 3.49. The van der Waals surface area contributed by atoms with Gasteiger partial charge < -0.3 is 14.9 Å². The largest absolute Gasteiger partial charge is 0.435 e. The second-order valence-electron chi connectivity index (χ2n) is 4.35. The Labute approximate surface area is 119 Å². The molecule has 0 atom stereocenters. The van der Waals surface area contributed by atoms with Crippen LogP contribution in [0.25, 0.3) is 16.9 Å². The number of imidazole rings is 1. The van der Waals surface area contributed by atoms with Gasteiger partial charge >= 0.3 is 6.61 Å². The lowest BCUT2D eigenvalue weighted by Crippen LogP contribution is -2.04. The lowest BCUT2D eigenvalue weighted by atomic mass is 10.1. The van der Waals surface area contributed by atoms with Gasteiger partial charge in [-0.05, 0) is 24.3 Å². The number of halogens is 2. The lowest BCUT2D eigenvalue weighted by Gasteiger charge is -2.08. The summed E-state index contributed by atoms with van der Waals surface area (Å²) in [5.74, 6) is 0.100. The van der Waals surface area contributed by atoms with Gasteiger partial charge in [0.25, 0.3) is 0 Å². The van der Waals surface area contributed by atoms with Gasteiger partial charge in [-0.25, -0.2) is 9.97 Å². The fraction of sp³-hybridized carbons (Fsp3) is 0.143. The maximum atomic E-state index is 12.1. The van der Waals surface area contributed by atoms with E-state index < -0.39 is 6.61 Å². The number of nitrogens with zero attached hydrogens (tertiary/aromatic N) is 3. The lowest BCUT2D eigenvalue weighted by molar-refractivity contribution is -0.0498. The number of hydrogen-bond donors (Lipinski definition) is 1. The predicted molar refractivity (Wildman–Crippen MR) is 72.9 cm³/mol.